The van der Waals surface area contributed by atoms with Gasteiger partial charge >= 0.3 is 0 Å². The smallest absolute Gasteiger partial charge is 0.246 e. The Kier molecular flexibility index (Phi) is 5.43. The Morgan fingerprint density at radius 2 is 1.69 bits per heavy atom. The fourth-order valence-corrected chi connectivity index (χ4v) is 4.13. The molecule has 1 aromatic heterocycles. The van der Waals surface area contributed by atoms with Crippen LogP contribution >= 0.6 is 34.8 Å². The molecule has 6 nitrogen and oxygen atoms in total. The maximum Gasteiger partial charge on any atom is 0.265 e. The van der Waals surface area contributed by atoms with Crippen molar-refractivity contribution < 1.29 is 8.42 Å². The second-order valence-corrected chi connectivity index (χ2v) is 8.43. The van der Waals surface area contributed by atoms with Crippen molar-refractivity contribution in [2.45, 2.75) is 18.4 Å². The fraction of sp³-hybridized carbons (Fsp3) is 0.125. The number of hydrogen-bond donors (Lipinski definition) is 1. The summed E-state index contributed by atoms with van der Waals surface area (Å²) < 4.78 is 28.8. The number of anilines is 1. The summed E-state index contributed by atoms with van der Waals surface area (Å²) in [6, 6.07) is 10.4. The number of hydrogen-bond acceptors (Lipinski definition) is 4. The van der Waals surface area contributed by atoms with E-state index in [1.807, 2.05) is 31.2 Å². The molecule has 136 valence electrons. The Bertz CT molecular complexity index is 1050. The van der Waals surface area contributed by atoms with Crippen molar-refractivity contribution in [1.29, 1.82) is 0 Å². The van der Waals surface area contributed by atoms with Gasteiger partial charge in [0.1, 0.15) is 11.2 Å². The fourth-order valence-electron chi connectivity index (χ4n) is 2.18. The Morgan fingerprint density at radius 3 is 2.38 bits per heavy atom. The first-order chi connectivity index (χ1) is 12.2. The van der Waals surface area contributed by atoms with Gasteiger partial charge in [0.2, 0.25) is 0 Å². The molecule has 0 aliphatic heterocycles. The largest absolute Gasteiger partial charge is 0.265 e. The molecule has 1 N–H and O–H groups in total. The number of aromatic nitrogens is 3. The van der Waals surface area contributed by atoms with Crippen LogP contribution in [0.2, 0.25) is 15.1 Å². The number of sulfonamides is 1. The summed E-state index contributed by atoms with van der Waals surface area (Å²) in [5, 5.41) is 4.31. The van der Waals surface area contributed by atoms with Crippen LogP contribution in [-0.4, -0.2) is 23.2 Å². The van der Waals surface area contributed by atoms with E-state index in [1.165, 1.54) is 23.1 Å². The average Bonchev–Trinajstić information content (AvgIpc) is 2.99. The first kappa shape index (κ1) is 19.0. The molecule has 2 aromatic carbocycles. The van der Waals surface area contributed by atoms with Crippen LogP contribution in [0.4, 0.5) is 5.95 Å². The summed E-state index contributed by atoms with van der Waals surface area (Å²) in [4.78, 5) is 3.76. The van der Waals surface area contributed by atoms with E-state index in [1.54, 1.807) is 0 Å². The standard InChI is InChI=1S/C16H13Cl3N4O2S/c1-10-2-4-11(5-3-10)8-23-9-20-16(21-23)22-26(24,25)15-7-13(18)12(17)6-14(15)19/h2-7,9H,8H2,1H3,(H,21,22). The molecule has 0 aliphatic rings. The van der Waals surface area contributed by atoms with E-state index < -0.39 is 10.0 Å². The van der Waals surface area contributed by atoms with Crippen LogP contribution in [-0.2, 0) is 16.6 Å². The second-order valence-electron chi connectivity index (χ2n) is 5.55. The van der Waals surface area contributed by atoms with Gasteiger partial charge in [0.25, 0.3) is 16.0 Å². The van der Waals surface area contributed by atoms with Gasteiger partial charge in [0.15, 0.2) is 0 Å². The molecular formula is C16H13Cl3N4O2S. The van der Waals surface area contributed by atoms with Crippen molar-refractivity contribution in [2.24, 2.45) is 0 Å². The molecule has 0 fully saturated rings. The highest BCUT2D eigenvalue weighted by atomic mass is 35.5. The van der Waals surface area contributed by atoms with E-state index in [2.05, 4.69) is 14.8 Å². The topological polar surface area (TPSA) is 76.9 Å². The van der Waals surface area contributed by atoms with Crippen molar-refractivity contribution in [1.82, 2.24) is 14.8 Å². The molecule has 10 heteroatoms. The van der Waals surface area contributed by atoms with E-state index in [0.717, 1.165) is 11.1 Å². The number of rotatable bonds is 5. The Labute approximate surface area is 165 Å². The van der Waals surface area contributed by atoms with E-state index in [0.29, 0.717) is 6.54 Å². The lowest BCUT2D eigenvalue weighted by Gasteiger charge is -2.08. The number of halogens is 3. The van der Waals surface area contributed by atoms with Gasteiger partial charge in [-0.05, 0) is 24.6 Å². The van der Waals surface area contributed by atoms with Crippen LogP contribution in [0.5, 0.6) is 0 Å². The lowest BCUT2D eigenvalue weighted by atomic mass is 10.1. The second kappa shape index (κ2) is 7.44. The van der Waals surface area contributed by atoms with Crippen LogP contribution in [0.3, 0.4) is 0 Å². The van der Waals surface area contributed by atoms with Crippen molar-refractivity contribution in [2.75, 3.05) is 4.72 Å². The summed E-state index contributed by atoms with van der Waals surface area (Å²) in [5.41, 5.74) is 2.17. The quantitative estimate of drug-likeness (QED) is 0.608. The highest BCUT2D eigenvalue weighted by Gasteiger charge is 2.21. The minimum Gasteiger partial charge on any atom is -0.246 e. The summed E-state index contributed by atoms with van der Waals surface area (Å²) in [5.74, 6) is -0.0701. The summed E-state index contributed by atoms with van der Waals surface area (Å²) in [6.07, 6.45) is 1.44. The lowest BCUT2D eigenvalue weighted by Crippen LogP contribution is -2.15. The van der Waals surface area contributed by atoms with Gasteiger partial charge in [0.05, 0.1) is 21.6 Å². The molecule has 0 radical (unpaired) electrons. The molecule has 3 rings (SSSR count). The molecule has 0 atom stereocenters. The zero-order valence-corrected chi connectivity index (χ0v) is 16.5. The number of aryl methyl sites for hydroxylation is 1. The Hall–Kier alpha value is -1.80. The van der Waals surface area contributed by atoms with Crippen molar-refractivity contribution in [3.63, 3.8) is 0 Å². The van der Waals surface area contributed by atoms with Crippen molar-refractivity contribution in [3.8, 4) is 0 Å². The third kappa shape index (κ3) is 4.29. The normalized spacial score (nSPS) is 11.5. The van der Waals surface area contributed by atoms with Gasteiger partial charge in [-0.25, -0.2) is 17.8 Å². The van der Waals surface area contributed by atoms with Gasteiger partial charge in [-0.3, -0.25) is 0 Å². The zero-order valence-electron chi connectivity index (χ0n) is 13.4. The predicted octanol–water partition coefficient (Wildman–Crippen LogP) is 4.40. The monoisotopic (exact) mass is 430 g/mol. The van der Waals surface area contributed by atoms with Gasteiger partial charge in [-0.2, -0.15) is 4.98 Å². The summed E-state index contributed by atoms with van der Waals surface area (Å²) in [7, 11) is -4.01. The molecule has 0 unspecified atom stereocenters. The highest BCUT2D eigenvalue weighted by Crippen LogP contribution is 2.32. The first-order valence-electron chi connectivity index (χ1n) is 7.37. The Morgan fingerprint density at radius 1 is 1.04 bits per heavy atom. The van der Waals surface area contributed by atoms with Crippen LogP contribution in [0.15, 0.2) is 47.6 Å². The minimum absolute atomic E-state index is 0.0500. The van der Waals surface area contributed by atoms with Crippen molar-refractivity contribution in [3.05, 3.63) is 68.9 Å². The molecule has 0 spiro atoms. The molecule has 0 aliphatic carbocycles. The number of nitrogens with zero attached hydrogens (tertiary/aromatic N) is 3. The molecule has 26 heavy (non-hydrogen) atoms. The van der Waals surface area contributed by atoms with Gasteiger partial charge in [-0.15, -0.1) is 5.10 Å². The molecule has 0 saturated heterocycles. The zero-order chi connectivity index (χ0) is 18.9. The molecule has 3 aromatic rings. The minimum atomic E-state index is -4.01. The van der Waals surface area contributed by atoms with Gasteiger partial charge in [0, 0.05) is 0 Å². The SMILES string of the molecule is Cc1ccc(Cn2cnc(NS(=O)(=O)c3cc(Cl)c(Cl)cc3Cl)n2)cc1. The van der Waals surface area contributed by atoms with E-state index in [-0.39, 0.29) is 25.9 Å². The molecule has 0 amide bonds. The highest BCUT2D eigenvalue weighted by molar-refractivity contribution is 7.92. The van der Waals surface area contributed by atoms with E-state index in [4.69, 9.17) is 34.8 Å². The summed E-state index contributed by atoms with van der Waals surface area (Å²) >= 11 is 17.7. The maximum absolute atomic E-state index is 12.5. The molecular weight excluding hydrogens is 419 g/mol. The summed E-state index contributed by atoms with van der Waals surface area (Å²) in [6.45, 7) is 2.46. The predicted molar refractivity (Wildman–Crippen MR) is 103 cm³/mol. The van der Waals surface area contributed by atoms with E-state index in [9.17, 15) is 8.42 Å². The maximum atomic E-state index is 12.5. The van der Waals surface area contributed by atoms with Crippen LogP contribution in [0.1, 0.15) is 11.1 Å². The third-order valence-electron chi connectivity index (χ3n) is 3.49. The average molecular weight is 432 g/mol. The first-order valence-corrected chi connectivity index (χ1v) is 9.99. The van der Waals surface area contributed by atoms with Crippen molar-refractivity contribution >= 4 is 50.8 Å². The molecule has 0 bridgehead atoms. The number of benzene rings is 2. The van der Waals surface area contributed by atoms with E-state index >= 15 is 0 Å². The molecule has 1 heterocycles. The Balaban J connectivity index is 1.80. The third-order valence-corrected chi connectivity index (χ3v) is 6.01. The van der Waals surface area contributed by atoms with Gasteiger partial charge in [-0.1, -0.05) is 64.6 Å². The number of nitrogens with one attached hydrogen (secondary N) is 1. The van der Waals surface area contributed by atoms with Crippen LogP contribution in [0, 0.1) is 6.92 Å². The molecule has 0 saturated carbocycles. The lowest BCUT2D eigenvalue weighted by molar-refractivity contribution is 0.600. The van der Waals surface area contributed by atoms with Gasteiger partial charge < -0.3 is 0 Å². The van der Waals surface area contributed by atoms with Crippen LogP contribution in [0.25, 0.3) is 0 Å². The van der Waals surface area contributed by atoms with Crippen LogP contribution < -0.4 is 4.72 Å².